The number of nitrogens with two attached hydrogens (primary N) is 1. The first-order chi connectivity index (χ1) is 6.04. The number of aryl methyl sites for hydroxylation is 1. The lowest BCUT2D eigenvalue weighted by molar-refractivity contribution is 0.126. The number of aliphatic hydroxyl groups excluding tert-OH is 1. The molecule has 3 N–H and O–H groups in total. The number of nitrogen functional groups attached to an aromatic ring is 1. The molecule has 0 radical (unpaired) electrons. The SMILES string of the molecule is Cc1ccnc(N)c1C(O)C(C)C. The summed E-state index contributed by atoms with van der Waals surface area (Å²) in [5, 5.41) is 9.84. The second-order valence-corrected chi connectivity index (χ2v) is 3.62. The Balaban J connectivity index is 3.12. The minimum absolute atomic E-state index is 0.158. The largest absolute Gasteiger partial charge is 0.388 e. The summed E-state index contributed by atoms with van der Waals surface area (Å²) in [6.45, 7) is 5.84. The van der Waals surface area contributed by atoms with Gasteiger partial charge in [0, 0.05) is 11.8 Å². The molecule has 1 atom stereocenters. The molecular formula is C10H16N2O. The standard InChI is InChI=1S/C10H16N2O/c1-6(2)9(13)8-7(3)4-5-12-10(8)11/h4-6,9,13H,1-3H3,(H2,11,12). The van der Waals surface area contributed by atoms with Crippen LogP contribution in [0.2, 0.25) is 0 Å². The predicted octanol–water partition coefficient (Wildman–Crippen LogP) is 1.66. The molecule has 0 amide bonds. The molecule has 1 aromatic rings. The maximum Gasteiger partial charge on any atom is 0.129 e. The van der Waals surface area contributed by atoms with Crippen LogP contribution in [0.25, 0.3) is 0 Å². The summed E-state index contributed by atoms with van der Waals surface area (Å²) in [7, 11) is 0. The molecule has 0 bridgehead atoms. The van der Waals surface area contributed by atoms with Gasteiger partial charge >= 0.3 is 0 Å². The molecule has 0 saturated heterocycles. The lowest BCUT2D eigenvalue weighted by Crippen LogP contribution is -2.11. The van der Waals surface area contributed by atoms with E-state index in [4.69, 9.17) is 5.73 Å². The number of pyridine rings is 1. The van der Waals surface area contributed by atoms with Crippen molar-refractivity contribution in [1.29, 1.82) is 0 Å². The van der Waals surface area contributed by atoms with Gasteiger partial charge in [0.15, 0.2) is 0 Å². The van der Waals surface area contributed by atoms with E-state index >= 15 is 0 Å². The van der Waals surface area contributed by atoms with Crippen LogP contribution in [0.15, 0.2) is 12.3 Å². The van der Waals surface area contributed by atoms with Crippen LogP contribution in [-0.4, -0.2) is 10.1 Å². The van der Waals surface area contributed by atoms with Crippen molar-refractivity contribution in [3.8, 4) is 0 Å². The number of hydrogen-bond acceptors (Lipinski definition) is 3. The van der Waals surface area contributed by atoms with Crippen molar-refractivity contribution in [2.24, 2.45) is 5.92 Å². The van der Waals surface area contributed by atoms with Crippen molar-refractivity contribution in [3.63, 3.8) is 0 Å². The molecule has 1 heterocycles. The summed E-state index contributed by atoms with van der Waals surface area (Å²) < 4.78 is 0. The van der Waals surface area contributed by atoms with Gasteiger partial charge in [0.1, 0.15) is 5.82 Å². The number of hydrogen-bond donors (Lipinski definition) is 2. The zero-order valence-electron chi connectivity index (χ0n) is 8.28. The van der Waals surface area contributed by atoms with Crippen LogP contribution < -0.4 is 5.73 Å². The molecule has 0 saturated carbocycles. The van der Waals surface area contributed by atoms with Crippen molar-refractivity contribution in [2.75, 3.05) is 5.73 Å². The lowest BCUT2D eigenvalue weighted by Gasteiger charge is -2.18. The second-order valence-electron chi connectivity index (χ2n) is 3.62. The fourth-order valence-corrected chi connectivity index (χ4v) is 1.31. The van der Waals surface area contributed by atoms with Crippen LogP contribution in [0, 0.1) is 12.8 Å². The number of aromatic nitrogens is 1. The Bertz CT molecular complexity index is 277. The van der Waals surface area contributed by atoms with Crippen molar-refractivity contribution in [2.45, 2.75) is 26.9 Å². The van der Waals surface area contributed by atoms with E-state index in [-0.39, 0.29) is 5.92 Å². The zero-order chi connectivity index (χ0) is 10.0. The highest BCUT2D eigenvalue weighted by Crippen LogP contribution is 2.27. The molecule has 1 unspecified atom stereocenters. The van der Waals surface area contributed by atoms with Crippen LogP contribution in [0.4, 0.5) is 5.82 Å². The van der Waals surface area contributed by atoms with E-state index in [1.54, 1.807) is 6.20 Å². The minimum atomic E-state index is -0.520. The van der Waals surface area contributed by atoms with Crippen molar-refractivity contribution >= 4 is 5.82 Å². The smallest absolute Gasteiger partial charge is 0.129 e. The molecular weight excluding hydrogens is 164 g/mol. The van der Waals surface area contributed by atoms with E-state index in [2.05, 4.69) is 4.98 Å². The Morgan fingerprint density at radius 3 is 2.54 bits per heavy atom. The fourth-order valence-electron chi connectivity index (χ4n) is 1.31. The number of nitrogens with zero attached hydrogens (tertiary/aromatic N) is 1. The van der Waals surface area contributed by atoms with E-state index in [0.717, 1.165) is 11.1 Å². The summed E-state index contributed by atoms with van der Waals surface area (Å²) in [5.41, 5.74) is 7.44. The molecule has 1 aromatic heterocycles. The van der Waals surface area contributed by atoms with Gasteiger partial charge in [-0.15, -0.1) is 0 Å². The molecule has 1 rings (SSSR count). The first-order valence-corrected chi connectivity index (χ1v) is 4.43. The Hall–Kier alpha value is -1.09. The summed E-state index contributed by atoms with van der Waals surface area (Å²) in [6, 6.07) is 1.86. The molecule has 0 aliphatic carbocycles. The van der Waals surface area contributed by atoms with Crippen LogP contribution in [0.3, 0.4) is 0 Å². The van der Waals surface area contributed by atoms with Crippen LogP contribution >= 0.6 is 0 Å². The molecule has 0 aliphatic heterocycles. The first-order valence-electron chi connectivity index (χ1n) is 4.43. The molecule has 0 aromatic carbocycles. The van der Waals surface area contributed by atoms with Gasteiger partial charge in [0.25, 0.3) is 0 Å². The van der Waals surface area contributed by atoms with Gasteiger partial charge in [-0.3, -0.25) is 0 Å². The topological polar surface area (TPSA) is 59.1 Å². The number of aliphatic hydroxyl groups is 1. The number of rotatable bonds is 2. The van der Waals surface area contributed by atoms with Gasteiger partial charge < -0.3 is 10.8 Å². The molecule has 3 nitrogen and oxygen atoms in total. The zero-order valence-corrected chi connectivity index (χ0v) is 8.28. The first kappa shape index (κ1) is 9.99. The van der Waals surface area contributed by atoms with E-state index in [1.807, 2.05) is 26.8 Å². The van der Waals surface area contributed by atoms with Gasteiger partial charge in [0.05, 0.1) is 6.10 Å². The van der Waals surface area contributed by atoms with Gasteiger partial charge in [-0.1, -0.05) is 13.8 Å². The molecule has 3 heteroatoms. The fraction of sp³-hybridized carbons (Fsp3) is 0.500. The second kappa shape index (κ2) is 3.75. The normalized spacial score (nSPS) is 13.3. The lowest BCUT2D eigenvalue weighted by atomic mass is 9.96. The van der Waals surface area contributed by atoms with Crippen LogP contribution in [0.5, 0.6) is 0 Å². The Labute approximate surface area is 78.6 Å². The Morgan fingerprint density at radius 2 is 2.08 bits per heavy atom. The third-order valence-corrected chi connectivity index (χ3v) is 2.17. The predicted molar refractivity (Wildman–Crippen MR) is 53.2 cm³/mol. The van der Waals surface area contributed by atoms with E-state index in [0.29, 0.717) is 5.82 Å². The summed E-state index contributed by atoms with van der Waals surface area (Å²) in [5.74, 6) is 0.589. The molecule has 0 spiro atoms. The summed E-state index contributed by atoms with van der Waals surface area (Å²) >= 11 is 0. The third-order valence-electron chi connectivity index (χ3n) is 2.17. The Kier molecular flexibility index (Phi) is 2.88. The third kappa shape index (κ3) is 1.98. The van der Waals surface area contributed by atoms with Crippen molar-refractivity contribution < 1.29 is 5.11 Å². The van der Waals surface area contributed by atoms with Gasteiger partial charge in [-0.25, -0.2) is 4.98 Å². The average molecular weight is 180 g/mol. The Morgan fingerprint density at radius 1 is 1.46 bits per heavy atom. The molecule has 72 valence electrons. The van der Waals surface area contributed by atoms with Crippen molar-refractivity contribution in [1.82, 2.24) is 4.98 Å². The average Bonchev–Trinajstić information content (AvgIpc) is 2.03. The highest BCUT2D eigenvalue weighted by atomic mass is 16.3. The summed E-state index contributed by atoms with van der Waals surface area (Å²) in [4.78, 5) is 3.96. The van der Waals surface area contributed by atoms with Crippen molar-refractivity contribution in [3.05, 3.63) is 23.4 Å². The van der Waals surface area contributed by atoms with E-state index < -0.39 is 6.10 Å². The quantitative estimate of drug-likeness (QED) is 0.727. The number of anilines is 1. The monoisotopic (exact) mass is 180 g/mol. The molecule has 0 aliphatic rings. The minimum Gasteiger partial charge on any atom is -0.388 e. The molecule has 13 heavy (non-hydrogen) atoms. The summed E-state index contributed by atoms with van der Waals surface area (Å²) in [6.07, 6.45) is 1.13. The van der Waals surface area contributed by atoms with Gasteiger partial charge in [-0.05, 0) is 24.5 Å². The highest BCUT2D eigenvalue weighted by molar-refractivity contribution is 5.45. The molecule has 0 fully saturated rings. The maximum atomic E-state index is 9.84. The van der Waals surface area contributed by atoms with Gasteiger partial charge in [0.2, 0.25) is 0 Å². The van der Waals surface area contributed by atoms with E-state index in [1.165, 1.54) is 0 Å². The highest BCUT2D eigenvalue weighted by Gasteiger charge is 2.17. The maximum absolute atomic E-state index is 9.84. The van der Waals surface area contributed by atoms with Gasteiger partial charge in [-0.2, -0.15) is 0 Å². The van der Waals surface area contributed by atoms with E-state index in [9.17, 15) is 5.11 Å². The van der Waals surface area contributed by atoms with Crippen LogP contribution in [-0.2, 0) is 0 Å². The van der Waals surface area contributed by atoms with Crippen LogP contribution in [0.1, 0.15) is 31.1 Å².